The van der Waals surface area contributed by atoms with Crippen molar-refractivity contribution in [2.45, 2.75) is 0 Å². The molecule has 0 bridgehead atoms. The molecule has 3 N–H and O–H groups in total. The maximum Gasteiger partial charge on any atom is 0.257 e. The molecule has 0 saturated heterocycles. The van der Waals surface area contributed by atoms with Crippen LogP contribution in [0.5, 0.6) is 0 Å². The van der Waals surface area contributed by atoms with E-state index in [4.69, 9.17) is 5.73 Å². The number of nitrogens with two attached hydrogens (primary N) is 1. The highest BCUT2D eigenvalue weighted by Gasteiger charge is 2.13. The van der Waals surface area contributed by atoms with E-state index in [-0.39, 0.29) is 16.9 Å². The van der Waals surface area contributed by atoms with Gasteiger partial charge in [-0.25, -0.2) is 13.2 Å². The van der Waals surface area contributed by atoms with Crippen LogP contribution in [0, 0.1) is 17.5 Å². The number of carbonyl (C=O) groups excluding carboxylic acids is 1. The predicted octanol–water partition coefficient (Wildman–Crippen LogP) is 2.94. The monoisotopic (exact) mass is 266 g/mol. The molecule has 3 nitrogen and oxygen atoms in total. The molecule has 2 aromatic rings. The maximum atomic E-state index is 13.2. The Labute approximate surface area is 106 Å². The predicted molar refractivity (Wildman–Crippen MR) is 65.1 cm³/mol. The highest BCUT2D eigenvalue weighted by molar-refractivity contribution is 6.07. The topological polar surface area (TPSA) is 55.1 Å². The quantitative estimate of drug-likeness (QED) is 0.821. The van der Waals surface area contributed by atoms with Gasteiger partial charge in [-0.15, -0.1) is 0 Å². The Morgan fingerprint density at radius 1 is 1.05 bits per heavy atom. The van der Waals surface area contributed by atoms with Gasteiger partial charge in [0.15, 0.2) is 0 Å². The first-order chi connectivity index (χ1) is 8.97. The summed E-state index contributed by atoms with van der Waals surface area (Å²) >= 11 is 0. The number of carbonyl (C=O) groups is 1. The number of para-hydroxylation sites is 1. The minimum Gasteiger partial charge on any atom is -0.396 e. The van der Waals surface area contributed by atoms with Gasteiger partial charge < -0.3 is 11.1 Å². The fourth-order valence-electron chi connectivity index (χ4n) is 1.56. The summed E-state index contributed by atoms with van der Waals surface area (Å²) in [6, 6.07) is 6.28. The second kappa shape index (κ2) is 5.01. The Hall–Kier alpha value is -2.50. The summed E-state index contributed by atoms with van der Waals surface area (Å²) in [4.78, 5) is 11.8. The third-order valence-electron chi connectivity index (χ3n) is 2.42. The highest BCUT2D eigenvalue weighted by atomic mass is 19.1. The van der Waals surface area contributed by atoms with Crippen LogP contribution < -0.4 is 11.1 Å². The van der Waals surface area contributed by atoms with Gasteiger partial charge in [-0.1, -0.05) is 6.07 Å². The number of nitrogens with one attached hydrogen (secondary N) is 1. The zero-order chi connectivity index (χ0) is 14.0. The molecule has 0 aliphatic carbocycles. The standard InChI is InChI=1S/C13H9F3N2O/c14-7-4-8(15)6-9(5-7)18-13(19)10-2-1-3-11(16)12(10)17/h1-6H,17H2,(H,18,19). The number of halogens is 3. The number of nitrogen functional groups attached to an aromatic ring is 1. The van der Waals surface area contributed by atoms with Crippen molar-refractivity contribution in [3.63, 3.8) is 0 Å². The van der Waals surface area contributed by atoms with Crippen LogP contribution in [0.2, 0.25) is 0 Å². The molecule has 0 aliphatic rings. The van der Waals surface area contributed by atoms with E-state index in [1.54, 1.807) is 0 Å². The molecule has 0 fully saturated rings. The normalized spacial score (nSPS) is 10.3. The second-order valence-electron chi connectivity index (χ2n) is 3.81. The number of hydrogen-bond donors (Lipinski definition) is 2. The highest BCUT2D eigenvalue weighted by Crippen LogP contribution is 2.19. The molecule has 0 aromatic heterocycles. The van der Waals surface area contributed by atoms with Gasteiger partial charge in [0.2, 0.25) is 0 Å². The molecule has 0 spiro atoms. The van der Waals surface area contributed by atoms with Crippen molar-refractivity contribution in [1.82, 2.24) is 0 Å². The van der Waals surface area contributed by atoms with Gasteiger partial charge in [0.1, 0.15) is 17.5 Å². The molecule has 2 aromatic carbocycles. The molecule has 0 atom stereocenters. The molecule has 0 saturated carbocycles. The number of amides is 1. The van der Waals surface area contributed by atoms with Gasteiger partial charge >= 0.3 is 0 Å². The lowest BCUT2D eigenvalue weighted by Crippen LogP contribution is -2.15. The molecule has 1 amide bonds. The van der Waals surface area contributed by atoms with Crippen LogP contribution in [-0.2, 0) is 0 Å². The SMILES string of the molecule is Nc1c(F)cccc1C(=O)Nc1cc(F)cc(F)c1. The summed E-state index contributed by atoms with van der Waals surface area (Å²) in [5, 5.41) is 2.24. The van der Waals surface area contributed by atoms with E-state index >= 15 is 0 Å². The summed E-state index contributed by atoms with van der Waals surface area (Å²) in [5.74, 6) is -3.15. The molecule has 19 heavy (non-hydrogen) atoms. The summed E-state index contributed by atoms with van der Waals surface area (Å²) in [6.45, 7) is 0. The van der Waals surface area contributed by atoms with Crippen molar-refractivity contribution < 1.29 is 18.0 Å². The van der Waals surface area contributed by atoms with Crippen molar-refractivity contribution in [3.05, 3.63) is 59.4 Å². The van der Waals surface area contributed by atoms with E-state index in [0.717, 1.165) is 18.2 Å². The Kier molecular flexibility index (Phi) is 3.41. The number of anilines is 2. The van der Waals surface area contributed by atoms with Crippen molar-refractivity contribution in [3.8, 4) is 0 Å². The molecule has 0 unspecified atom stereocenters. The molecule has 0 heterocycles. The van der Waals surface area contributed by atoms with E-state index in [2.05, 4.69) is 5.32 Å². The summed E-state index contributed by atoms with van der Waals surface area (Å²) in [6.07, 6.45) is 0. The zero-order valence-corrected chi connectivity index (χ0v) is 9.58. The second-order valence-corrected chi connectivity index (χ2v) is 3.81. The first-order valence-corrected chi connectivity index (χ1v) is 5.29. The van der Waals surface area contributed by atoms with Crippen LogP contribution in [0.4, 0.5) is 24.5 Å². The van der Waals surface area contributed by atoms with Gasteiger partial charge in [-0.2, -0.15) is 0 Å². The van der Waals surface area contributed by atoms with E-state index in [9.17, 15) is 18.0 Å². The van der Waals surface area contributed by atoms with E-state index in [1.165, 1.54) is 12.1 Å². The lowest BCUT2D eigenvalue weighted by atomic mass is 10.1. The van der Waals surface area contributed by atoms with Crippen molar-refractivity contribution in [1.29, 1.82) is 0 Å². The Morgan fingerprint density at radius 3 is 2.32 bits per heavy atom. The molecule has 98 valence electrons. The first-order valence-electron chi connectivity index (χ1n) is 5.29. The molecular weight excluding hydrogens is 257 g/mol. The van der Waals surface area contributed by atoms with Gasteiger partial charge in [0, 0.05) is 11.8 Å². The van der Waals surface area contributed by atoms with Crippen molar-refractivity contribution in [2.75, 3.05) is 11.1 Å². The Morgan fingerprint density at radius 2 is 1.68 bits per heavy atom. The molecule has 0 aliphatic heterocycles. The van der Waals surface area contributed by atoms with Crippen LogP contribution in [0.1, 0.15) is 10.4 Å². The molecule has 6 heteroatoms. The molecule has 0 radical (unpaired) electrons. The minimum atomic E-state index is -0.831. The smallest absolute Gasteiger partial charge is 0.257 e. The van der Waals surface area contributed by atoms with Gasteiger partial charge in [-0.3, -0.25) is 4.79 Å². The third-order valence-corrected chi connectivity index (χ3v) is 2.42. The molecule has 2 rings (SSSR count). The van der Waals surface area contributed by atoms with E-state index in [1.807, 2.05) is 0 Å². The van der Waals surface area contributed by atoms with Crippen LogP contribution in [0.25, 0.3) is 0 Å². The first kappa shape index (κ1) is 12.9. The Balaban J connectivity index is 2.28. The number of benzene rings is 2. The lowest BCUT2D eigenvalue weighted by Gasteiger charge is -2.08. The van der Waals surface area contributed by atoms with Crippen molar-refractivity contribution >= 4 is 17.3 Å². The Bertz CT molecular complexity index is 624. The van der Waals surface area contributed by atoms with Crippen LogP contribution in [-0.4, -0.2) is 5.91 Å². The third kappa shape index (κ3) is 2.85. The number of hydrogen-bond acceptors (Lipinski definition) is 2. The summed E-state index contributed by atoms with van der Waals surface area (Å²) in [7, 11) is 0. The lowest BCUT2D eigenvalue weighted by molar-refractivity contribution is 0.102. The van der Waals surface area contributed by atoms with Crippen LogP contribution in [0.3, 0.4) is 0 Å². The minimum absolute atomic E-state index is 0.0776. The van der Waals surface area contributed by atoms with Gasteiger partial charge in [-0.05, 0) is 24.3 Å². The van der Waals surface area contributed by atoms with E-state index in [0.29, 0.717) is 6.07 Å². The summed E-state index contributed by atoms with van der Waals surface area (Å²) < 4.78 is 39.1. The van der Waals surface area contributed by atoms with E-state index < -0.39 is 23.4 Å². The largest absolute Gasteiger partial charge is 0.396 e. The average molecular weight is 266 g/mol. The molecular formula is C13H9F3N2O. The van der Waals surface area contributed by atoms with Gasteiger partial charge in [0.05, 0.1) is 11.3 Å². The van der Waals surface area contributed by atoms with Crippen LogP contribution >= 0.6 is 0 Å². The van der Waals surface area contributed by atoms with Crippen molar-refractivity contribution in [2.24, 2.45) is 0 Å². The zero-order valence-electron chi connectivity index (χ0n) is 9.58. The average Bonchev–Trinajstić information content (AvgIpc) is 2.31. The number of rotatable bonds is 2. The fourth-order valence-corrected chi connectivity index (χ4v) is 1.56. The maximum absolute atomic E-state index is 13.2. The van der Waals surface area contributed by atoms with Gasteiger partial charge in [0.25, 0.3) is 5.91 Å². The summed E-state index contributed by atoms with van der Waals surface area (Å²) in [5.41, 5.74) is 4.91. The fraction of sp³-hybridized carbons (Fsp3) is 0. The van der Waals surface area contributed by atoms with Crippen LogP contribution in [0.15, 0.2) is 36.4 Å².